The Morgan fingerprint density at radius 1 is 1.27 bits per heavy atom. The number of aromatic nitrogens is 3. The zero-order valence-corrected chi connectivity index (χ0v) is 9.45. The molecule has 2 N–H and O–H groups in total. The van der Waals surface area contributed by atoms with E-state index in [9.17, 15) is 0 Å². The van der Waals surface area contributed by atoms with Crippen molar-refractivity contribution in [1.29, 1.82) is 0 Å². The van der Waals surface area contributed by atoms with Gasteiger partial charge in [-0.15, -0.1) is 12.4 Å². The molecule has 2 heterocycles. The van der Waals surface area contributed by atoms with Crippen molar-refractivity contribution in [1.82, 2.24) is 14.8 Å². The van der Waals surface area contributed by atoms with Crippen LogP contribution < -0.4 is 5.73 Å². The van der Waals surface area contributed by atoms with Crippen LogP contribution in [0.2, 0.25) is 0 Å². The zero-order chi connectivity index (χ0) is 10.1. The number of nitrogen functional groups attached to an aromatic ring is 1. The van der Waals surface area contributed by atoms with Crippen molar-refractivity contribution in [3.63, 3.8) is 0 Å². The Hall–Kier alpha value is -1.55. The number of nitrogens with two attached hydrogens (primary N) is 1. The molecule has 0 amide bonds. The highest BCUT2D eigenvalue weighted by Crippen LogP contribution is 2.12. The van der Waals surface area contributed by atoms with Gasteiger partial charge in [-0.1, -0.05) is 0 Å². The number of hydrogen-bond donors (Lipinski definition) is 1. The van der Waals surface area contributed by atoms with Crippen LogP contribution in [-0.4, -0.2) is 14.8 Å². The smallest absolute Gasteiger partial charge is 0.125 e. The second-order valence-electron chi connectivity index (χ2n) is 3.28. The molecule has 0 radical (unpaired) electrons. The molecule has 0 fully saturated rings. The van der Waals surface area contributed by atoms with Gasteiger partial charge in [-0.25, -0.2) is 9.67 Å². The van der Waals surface area contributed by atoms with Crippen molar-refractivity contribution in [2.45, 2.75) is 13.8 Å². The van der Waals surface area contributed by atoms with Crippen molar-refractivity contribution in [2.75, 3.05) is 5.73 Å². The molecular weight excluding hydrogens is 212 g/mol. The molecule has 0 aliphatic rings. The molecule has 2 aromatic rings. The van der Waals surface area contributed by atoms with Crippen molar-refractivity contribution >= 4 is 18.2 Å². The quantitative estimate of drug-likeness (QED) is 0.805. The molecule has 0 aliphatic carbocycles. The van der Waals surface area contributed by atoms with Gasteiger partial charge >= 0.3 is 0 Å². The number of pyridine rings is 1. The molecule has 0 saturated heterocycles. The van der Waals surface area contributed by atoms with Crippen LogP contribution in [0.4, 0.5) is 5.82 Å². The highest BCUT2D eigenvalue weighted by atomic mass is 35.5. The number of hydrogen-bond acceptors (Lipinski definition) is 3. The van der Waals surface area contributed by atoms with Crippen LogP contribution in [0.1, 0.15) is 11.4 Å². The highest BCUT2D eigenvalue weighted by Gasteiger charge is 2.03. The molecule has 0 aliphatic heterocycles. The maximum Gasteiger partial charge on any atom is 0.125 e. The first-order valence-electron chi connectivity index (χ1n) is 4.42. The summed E-state index contributed by atoms with van der Waals surface area (Å²) in [5, 5.41) is 4.35. The number of aryl methyl sites for hydroxylation is 2. The predicted molar refractivity (Wildman–Crippen MR) is 62.5 cm³/mol. The molecule has 5 heteroatoms. The first kappa shape index (κ1) is 11.5. The maximum absolute atomic E-state index is 5.60. The van der Waals surface area contributed by atoms with Crippen LogP contribution in [0.5, 0.6) is 0 Å². The molecule has 0 spiro atoms. The van der Waals surface area contributed by atoms with Gasteiger partial charge in [0, 0.05) is 18.0 Å². The fourth-order valence-corrected chi connectivity index (χ4v) is 1.46. The van der Waals surface area contributed by atoms with E-state index in [0.29, 0.717) is 5.82 Å². The molecule has 0 unspecified atom stereocenters. The van der Waals surface area contributed by atoms with E-state index < -0.39 is 0 Å². The van der Waals surface area contributed by atoms with Crippen molar-refractivity contribution in [3.8, 4) is 5.69 Å². The lowest BCUT2D eigenvalue weighted by atomic mass is 10.3. The van der Waals surface area contributed by atoms with Crippen LogP contribution in [-0.2, 0) is 0 Å². The molecule has 0 aromatic carbocycles. The van der Waals surface area contributed by atoms with Gasteiger partial charge in [0.1, 0.15) is 5.82 Å². The van der Waals surface area contributed by atoms with E-state index in [-0.39, 0.29) is 12.4 Å². The molecule has 0 atom stereocenters. The van der Waals surface area contributed by atoms with E-state index in [1.165, 1.54) is 0 Å². The van der Waals surface area contributed by atoms with Gasteiger partial charge in [0.2, 0.25) is 0 Å². The first-order valence-corrected chi connectivity index (χ1v) is 4.42. The molecule has 2 aromatic heterocycles. The monoisotopic (exact) mass is 224 g/mol. The highest BCUT2D eigenvalue weighted by molar-refractivity contribution is 5.85. The SMILES string of the molecule is Cc1cc(C)n(-c2ccnc(N)c2)n1.Cl. The summed E-state index contributed by atoms with van der Waals surface area (Å²) in [6.07, 6.45) is 1.68. The molecule has 2 rings (SSSR count). The Balaban J connectivity index is 0.00000112. The predicted octanol–water partition coefficient (Wildman–Crippen LogP) is 1.89. The Bertz CT molecular complexity index is 464. The molecule has 0 saturated carbocycles. The van der Waals surface area contributed by atoms with Gasteiger partial charge < -0.3 is 5.73 Å². The molecule has 0 bridgehead atoms. The average molecular weight is 225 g/mol. The lowest BCUT2D eigenvalue weighted by molar-refractivity contribution is 0.832. The Kier molecular flexibility index (Phi) is 3.31. The third kappa shape index (κ3) is 2.27. The van der Waals surface area contributed by atoms with Crippen LogP contribution >= 0.6 is 12.4 Å². The lowest BCUT2D eigenvalue weighted by Crippen LogP contribution is -2.00. The van der Waals surface area contributed by atoms with Gasteiger partial charge in [-0.3, -0.25) is 0 Å². The second kappa shape index (κ2) is 4.31. The van der Waals surface area contributed by atoms with Crippen molar-refractivity contribution in [3.05, 3.63) is 35.8 Å². The minimum Gasteiger partial charge on any atom is -0.384 e. The van der Waals surface area contributed by atoms with Crippen molar-refractivity contribution in [2.24, 2.45) is 0 Å². The fourth-order valence-electron chi connectivity index (χ4n) is 1.46. The zero-order valence-electron chi connectivity index (χ0n) is 8.64. The second-order valence-corrected chi connectivity index (χ2v) is 3.28. The topological polar surface area (TPSA) is 56.7 Å². The van der Waals surface area contributed by atoms with Crippen LogP contribution in [0.3, 0.4) is 0 Å². The summed E-state index contributed by atoms with van der Waals surface area (Å²) in [5.74, 6) is 0.509. The summed E-state index contributed by atoms with van der Waals surface area (Å²) in [7, 11) is 0. The summed E-state index contributed by atoms with van der Waals surface area (Å²) in [6, 6.07) is 5.71. The van der Waals surface area contributed by atoms with Gasteiger partial charge in [0.05, 0.1) is 11.4 Å². The van der Waals surface area contributed by atoms with Gasteiger partial charge in [-0.05, 0) is 26.0 Å². The van der Waals surface area contributed by atoms with Gasteiger partial charge in [0.25, 0.3) is 0 Å². The third-order valence-electron chi connectivity index (χ3n) is 2.02. The number of nitrogens with zero attached hydrogens (tertiary/aromatic N) is 3. The van der Waals surface area contributed by atoms with E-state index in [4.69, 9.17) is 5.73 Å². The molecular formula is C10H13ClN4. The van der Waals surface area contributed by atoms with E-state index in [1.807, 2.05) is 30.7 Å². The summed E-state index contributed by atoms with van der Waals surface area (Å²) in [5.41, 5.74) is 8.64. The number of rotatable bonds is 1. The Morgan fingerprint density at radius 3 is 2.53 bits per heavy atom. The summed E-state index contributed by atoms with van der Waals surface area (Å²) in [4.78, 5) is 3.94. The van der Waals surface area contributed by atoms with E-state index >= 15 is 0 Å². The average Bonchev–Trinajstić information content (AvgIpc) is 2.45. The fraction of sp³-hybridized carbons (Fsp3) is 0.200. The lowest BCUT2D eigenvalue weighted by Gasteiger charge is -2.03. The normalized spacial score (nSPS) is 9.73. The Morgan fingerprint density at radius 2 is 2.00 bits per heavy atom. The van der Waals surface area contributed by atoms with Gasteiger partial charge in [-0.2, -0.15) is 5.10 Å². The number of halogens is 1. The van der Waals surface area contributed by atoms with E-state index in [1.54, 1.807) is 12.3 Å². The van der Waals surface area contributed by atoms with Crippen LogP contribution in [0.25, 0.3) is 5.69 Å². The summed E-state index contributed by atoms with van der Waals surface area (Å²) in [6.45, 7) is 3.98. The Labute approximate surface area is 94.5 Å². The molecule has 4 nitrogen and oxygen atoms in total. The third-order valence-corrected chi connectivity index (χ3v) is 2.02. The number of anilines is 1. The van der Waals surface area contributed by atoms with Gasteiger partial charge in [0.15, 0.2) is 0 Å². The van der Waals surface area contributed by atoms with E-state index in [2.05, 4.69) is 10.1 Å². The van der Waals surface area contributed by atoms with E-state index in [0.717, 1.165) is 17.1 Å². The largest absolute Gasteiger partial charge is 0.384 e. The summed E-state index contributed by atoms with van der Waals surface area (Å²) < 4.78 is 1.85. The maximum atomic E-state index is 5.60. The van der Waals surface area contributed by atoms with Crippen molar-refractivity contribution < 1.29 is 0 Å². The standard InChI is InChI=1S/C10H12N4.ClH/c1-7-5-8(2)14(13-7)9-3-4-12-10(11)6-9;/h3-6H,1-2H3,(H2,11,12);1H. The minimum atomic E-state index is 0. The van der Waals surface area contributed by atoms with Crippen LogP contribution in [0, 0.1) is 13.8 Å². The minimum absolute atomic E-state index is 0. The van der Waals surface area contributed by atoms with Crippen LogP contribution in [0.15, 0.2) is 24.4 Å². The first-order chi connectivity index (χ1) is 6.66. The molecule has 15 heavy (non-hydrogen) atoms. The molecule has 80 valence electrons. The summed E-state index contributed by atoms with van der Waals surface area (Å²) >= 11 is 0.